The fraction of sp³-hybridized carbons (Fsp3) is 0.125. The van der Waals surface area contributed by atoms with Gasteiger partial charge in [0, 0.05) is 12.7 Å². The Kier molecular flexibility index (Phi) is 3.11. The fourth-order valence-corrected chi connectivity index (χ4v) is 1.07. The molecule has 0 aliphatic carbocycles. The largest absolute Gasteiger partial charge is 0.488 e. The number of anilines is 1. The lowest BCUT2D eigenvalue weighted by atomic mass is 9.79. The van der Waals surface area contributed by atoms with Gasteiger partial charge in [0.1, 0.15) is 0 Å². The quantitative estimate of drug-likeness (QED) is 0.469. The Hall–Kier alpha value is -1.53. The molecule has 0 unspecified atom stereocenters. The van der Waals surface area contributed by atoms with Gasteiger partial charge in [-0.1, -0.05) is 0 Å². The first-order valence-corrected chi connectivity index (χ1v) is 3.96. The summed E-state index contributed by atoms with van der Waals surface area (Å²) in [6.45, 7) is 0. The van der Waals surface area contributed by atoms with Crippen LogP contribution in [0.1, 0.15) is 10.4 Å². The summed E-state index contributed by atoms with van der Waals surface area (Å²) in [6, 6.07) is 4.10. The van der Waals surface area contributed by atoms with E-state index in [1.807, 2.05) is 0 Å². The number of hydrogen-bond acceptors (Lipinski definition) is 4. The van der Waals surface area contributed by atoms with Gasteiger partial charge >= 0.3 is 13.1 Å². The maximum absolute atomic E-state index is 10.7. The van der Waals surface area contributed by atoms with Crippen LogP contribution in [0, 0.1) is 0 Å². The van der Waals surface area contributed by atoms with Crippen molar-refractivity contribution in [1.29, 1.82) is 0 Å². The van der Waals surface area contributed by atoms with Gasteiger partial charge in [0.15, 0.2) is 0 Å². The van der Waals surface area contributed by atoms with Crippen molar-refractivity contribution in [2.24, 2.45) is 0 Å². The smallest absolute Gasteiger partial charge is 0.478 e. The molecule has 4 N–H and O–H groups in total. The van der Waals surface area contributed by atoms with Gasteiger partial charge in [-0.05, 0) is 23.7 Å². The molecule has 0 heterocycles. The summed E-state index contributed by atoms with van der Waals surface area (Å²) in [5.74, 6) is -1.11. The third-order valence-electron chi connectivity index (χ3n) is 1.79. The molecule has 0 spiro atoms. The molecule has 0 radical (unpaired) electrons. The third-order valence-corrected chi connectivity index (χ3v) is 1.79. The minimum Gasteiger partial charge on any atom is -0.478 e. The summed E-state index contributed by atoms with van der Waals surface area (Å²) in [7, 11) is -0.0458. The lowest BCUT2D eigenvalue weighted by Crippen LogP contribution is -2.30. The number of benzene rings is 1. The number of nitrogens with one attached hydrogen (secondary N) is 1. The number of hydrogen-bond donors (Lipinski definition) is 4. The van der Waals surface area contributed by atoms with E-state index in [0.717, 1.165) is 0 Å². The number of rotatable bonds is 3. The Morgan fingerprint density at radius 3 is 2.43 bits per heavy atom. The van der Waals surface area contributed by atoms with Crippen LogP contribution in [-0.4, -0.2) is 35.3 Å². The number of aromatic carboxylic acids is 1. The Morgan fingerprint density at radius 1 is 1.36 bits per heavy atom. The second kappa shape index (κ2) is 4.12. The molecule has 1 rings (SSSR count). The highest BCUT2D eigenvalue weighted by molar-refractivity contribution is 6.58. The zero-order chi connectivity index (χ0) is 10.7. The molecule has 0 saturated carbocycles. The van der Waals surface area contributed by atoms with Gasteiger partial charge < -0.3 is 20.5 Å². The predicted octanol–water partition coefficient (Wildman–Crippen LogP) is -0.894. The molecule has 0 fully saturated rings. The minimum absolute atomic E-state index is 0.0138. The van der Waals surface area contributed by atoms with Gasteiger partial charge in [-0.3, -0.25) is 0 Å². The zero-order valence-electron chi connectivity index (χ0n) is 7.56. The molecule has 6 heteroatoms. The van der Waals surface area contributed by atoms with Crippen LogP contribution in [0.25, 0.3) is 0 Å². The van der Waals surface area contributed by atoms with Crippen molar-refractivity contribution >= 4 is 24.2 Å². The standard InChI is InChI=1S/C8H10BNO4/c1-10-7-3-5(8(11)12)2-6(4-7)9(13)14/h2-4,10,13-14H,1H3,(H,11,12). The molecular formula is C8H10BNO4. The average Bonchev–Trinajstić information content (AvgIpc) is 2.16. The summed E-state index contributed by atoms with van der Waals surface area (Å²) in [4.78, 5) is 10.7. The van der Waals surface area contributed by atoms with Gasteiger partial charge in [-0.15, -0.1) is 0 Å². The molecule has 0 atom stereocenters. The first kappa shape index (κ1) is 10.6. The second-order valence-electron chi connectivity index (χ2n) is 2.77. The molecule has 14 heavy (non-hydrogen) atoms. The highest BCUT2D eigenvalue weighted by Gasteiger charge is 2.14. The van der Waals surface area contributed by atoms with E-state index in [9.17, 15) is 4.79 Å². The Morgan fingerprint density at radius 2 is 2.00 bits per heavy atom. The summed E-state index contributed by atoms with van der Waals surface area (Å²) < 4.78 is 0. The predicted molar refractivity (Wildman–Crippen MR) is 52.8 cm³/mol. The van der Waals surface area contributed by atoms with E-state index in [1.54, 1.807) is 7.05 Å². The molecule has 0 aromatic heterocycles. The van der Waals surface area contributed by atoms with Crippen molar-refractivity contribution in [2.75, 3.05) is 12.4 Å². The molecule has 5 nitrogen and oxygen atoms in total. The fourth-order valence-electron chi connectivity index (χ4n) is 1.07. The van der Waals surface area contributed by atoms with Gasteiger partial charge in [-0.2, -0.15) is 0 Å². The van der Waals surface area contributed by atoms with Crippen LogP contribution in [0.15, 0.2) is 18.2 Å². The minimum atomic E-state index is -1.67. The Bertz CT molecular complexity index is 353. The van der Waals surface area contributed by atoms with Gasteiger partial charge in [0.05, 0.1) is 5.56 Å². The maximum atomic E-state index is 10.7. The lowest BCUT2D eigenvalue weighted by molar-refractivity contribution is 0.0697. The van der Waals surface area contributed by atoms with Gasteiger partial charge in [-0.25, -0.2) is 4.79 Å². The zero-order valence-corrected chi connectivity index (χ0v) is 7.56. The molecule has 0 saturated heterocycles. The van der Waals surface area contributed by atoms with E-state index in [0.29, 0.717) is 5.69 Å². The van der Waals surface area contributed by atoms with Crippen molar-refractivity contribution in [3.05, 3.63) is 23.8 Å². The first-order chi connectivity index (χ1) is 6.54. The van der Waals surface area contributed by atoms with Crippen molar-refractivity contribution in [1.82, 2.24) is 0 Å². The molecule has 0 aliphatic rings. The van der Waals surface area contributed by atoms with Crippen LogP contribution in [0.2, 0.25) is 0 Å². The third kappa shape index (κ3) is 2.24. The molecule has 0 bridgehead atoms. The van der Waals surface area contributed by atoms with E-state index in [1.165, 1.54) is 18.2 Å². The summed E-state index contributed by atoms with van der Waals surface area (Å²) in [5.41, 5.74) is 0.683. The summed E-state index contributed by atoms with van der Waals surface area (Å²) >= 11 is 0. The highest BCUT2D eigenvalue weighted by atomic mass is 16.4. The lowest BCUT2D eigenvalue weighted by Gasteiger charge is -2.06. The van der Waals surface area contributed by atoms with Crippen LogP contribution in [-0.2, 0) is 0 Å². The molecule has 1 aromatic carbocycles. The maximum Gasteiger partial charge on any atom is 0.488 e. The topological polar surface area (TPSA) is 89.8 Å². The summed E-state index contributed by atoms with van der Waals surface area (Å²) in [6.07, 6.45) is 0. The van der Waals surface area contributed by atoms with Gasteiger partial charge in [0.2, 0.25) is 0 Å². The van der Waals surface area contributed by atoms with E-state index in [-0.39, 0.29) is 11.0 Å². The van der Waals surface area contributed by atoms with Crippen molar-refractivity contribution in [3.8, 4) is 0 Å². The first-order valence-electron chi connectivity index (χ1n) is 3.96. The molecule has 74 valence electrons. The van der Waals surface area contributed by atoms with Crippen LogP contribution in [0.5, 0.6) is 0 Å². The number of carbonyl (C=O) groups is 1. The van der Waals surface area contributed by atoms with Crippen molar-refractivity contribution in [3.63, 3.8) is 0 Å². The molecule has 0 amide bonds. The Labute approximate surface area is 81.1 Å². The van der Waals surface area contributed by atoms with E-state index >= 15 is 0 Å². The van der Waals surface area contributed by atoms with E-state index < -0.39 is 13.1 Å². The molecule has 0 aliphatic heterocycles. The van der Waals surface area contributed by atoms with Crippen LogP contribution < -0.4 is 10.8 Å². The highest BCUT2D eigenvalue weighted by Crippen LogP contribution is 2.08. The second-order valence-corrected chi connectivity index (χ2v) is 2.77. The van der Waals surface area contributed by atoms with Crippen LogP contribution in [0.3, 0.4) is 0 Å². The van der Waals surface area contributed by atoms with Gasteiger partial charge in [0.25, 0.3) is 0 Å². The van der Waals surface area contributed by atoms with Crippen molar-refractivity contribution < 1.29 is 19.9 Å². The van der Waals surface area contributed by atoms with Crippen LogP contribution in [0.4, 0.5) is 5.69 Å². The van der Waals surface area contributed by atoms with Crippen LogP contribution >= 0.6 is 0 Å². The number of carboxylic acids is 1. The van der Waals surface area contributed by atoms with E-state index in [4.69, 9.17) is 15.2 Å². The Balaban J connectivity index is 3.20. The monoisotopic (exact) mass is 195 g/mol. The number of carboxylic acid groups (broad SMARTS) is 1. The molecule has 1 aromatic rings. The molecular weight excluding hydrogens is 185 g/mol. The average molecular weight is 195 g/mol. The normalized spacial score (nSPS) is 9.64. The van der Waals surface area contributed by atoms with Crippen molar-refractivity contribution in [2.45, 2.75) is 0 Å². The SMILES string of the molecule is CNc1cc(B(O)O)cc(C(=O)O)c1. The van der Waals surface area contributed by atoms with E-state index in [2.05, 4.69) is 5.32 Å². The summed E-state index contributed by atoms with van der Waals surface area (Å²) in [5, 5.41) is 29.2.